The monoisotopic (exact) mass is 184 g/mol. The van der Waals surface area contributed by atoms with Crippen molar-refractivity contribution >= 4 is 17.8 Å². The van der Waals surface area contributed by atoms with Crippen LogP contribution in [-0.4, -0.2) is 9.38 Å². The van der Waals surface area contributed by atoms with Gasteiger partial charge in [0.1, 0.15) is 5.65 Å². The van der Waals surface area contributed by atoms with Crippen LogP contribution in [0.15, 0.2) is 37.1 Å². The smallest absolute Gasteiger partial charge is 0.137 e. The molecule has 0 aliphatic rings. The molecule has 0 aliphatic carbocycles. The van der Waals surface area contributed by atoms with Crippen molar-refractivity contribution in [3.05, 3.63) is 48.4 Å². The predicted molar refractivity (Wildman–Crippen MR) is 60.0 cm³/mol. The molecule has 0 radical (unpaired) electrons. The molecule has 0 bridgehead atoms. The van der Waals surface area contributed by atoms with Gasteiger partial charge in [-0.1, -0.05) is 18.7 Å². The molecule has 14 heavy (non-hydrogen) atoms. The van der Waals surface area contributed by atoms with Crippen molar-refractivity contribution in [2.45, 2.75) is 6.92 Å². The van der Waals surface area contributed by atoms with Crippen LogP contribution < -0.4 is 0 Å². The Morgan fingerprint density at radius 1 is 1.43 bits per heavy atom. The maximum Gasteiger partial charge on any atom is 0.137 e. The van der Waals surface area contributed by atoms with Crippen LogP contribution in [0.3, 0.4) is 0 Å². The van der Waals surface area contributed by atoms with E-state index in [-0.39, 0.29) is 0 Å². The van der Waals surface area contributed by atoms with Crippen molar-refractivity contribution in [3.63, 3.8) is 0 Å². The van der Waals surface area contributed by atoms with Gasteiger partial charge in [-0.05, 0) is 31.2 Å². The van der Waals surface area contributed by atoms with Crippen molar-refractivity contribution in [2.75, 3.05) is 0 Å². The predicted octanol–water partition coefficient (Wildman–Crippen LogP) is 3.01. The Balaban J connectivity index is 2.80. The highest BCUT2D eigenvalue weighted by molar-refractivity contribution is 5.64. The third-order valence-electron chi connectivity index (χ3n) is 2.11. The fourth-order valence-corrected chi connectivity index (χ4v) is 1.51. The number of hydrogen-bond acceptors (Lipinski definition) is 1. The minimum atomic E-state index is 0.925. The highest BCUT2D eigenvalue weighted by Crippen LogP contribution is 2.14. The molecule has 0 spiro atoms. The van der Waals surface area contributed by atoms with Crippen molar-refractivity contribution in [1.82, 2.24) is 9.38 Å². The molecule has 70 valence electrons. The number of imidazole rings is 1. The van der Waals surface area contributed by atoms with Crippen molar-refractivity contribution in [2.24, 2.45) is 0 Å². The first kappa shape index (κ1) is 8.75. The summed E-state index contributed by atoms with van der Waals surface area (Å²) in [5.41, 5.74) is 2.96. The summed E-state index contributed by atoms with van der Waals surface area (Å²) >= 11 is 0. The molecule has 0 aliphatic heterocycles. The Kier molecular flexibility index (Phi) is 2.19. The van der Waals surface area contributed by atoms with Gasteiger partial charge in [-0.2, -0.15) is 0 Å². The maximum absolute atomic E-state index is 4.44. The quantitative estimate of drug-likeness (QED) is 0.701. The van der Waals surface area contributed by atoms with Gasteiger partial charge in [-0.25, -0.2) is 4.98 Å². The van der Waals surface area contributed by atoms with Crippen LogP contribution in [0, 0.1) is 0 Å². The molecule has 2 nitrogen and oxygen atoms in total. The Morgan fingerprint density at radius 2 is 2.29 bits per heavy atom. The number of fused-ring (bicyclic) bond motifs is 1. The SMILES string of the molecule is C=Cc1nc2ccccn2c1/C=C\C. The summed E-state index contributed by atoms with van der Waals surface area (Å²) in [4.78, 5) is 4.44. The van der Waals surface area contributed by atoms with E-state index in [1.54, 1.807) is 6.08 Å². The summed E-state index contributed by atoms with van der Waals surface area (Å²) in [5, 5.41) is 0. The average molecular weight is 184 g/mol. The molecule has 0 unspecified atom stereocenters. The fourth-order valence-electron chi connectivity index (χ4n) is 1.51. The van der Waals surface area contributed by atoms with E-state index >= 15 is 0 Å². The second-order valence-corrected chi connectivity index (χ2v) is 3.02. The van der Waals surface area contributed by atoms with E-state index in [2.05, 4.69) is 16.0 Å². The van der Waals surface area contributed by atoms with Gasteiger partial charge in [0.25, 0.3) is 0 Å². The van der Waals surface area contributed by atoms with Gasteiger partial charge in [0, 0.05) is 6.20 Å². The molecule has 0 saturated heterocycles. The summed E-state index contributed by atoms with van der Waals surface area (Å²) < 4.78 is 2.05. The van der Waals surface area contributed by atoms with Gasteiger partial charge in [-0.15, -0.1) is 0 Å². The Bertz CT molecular complexity index is 492. The Labute approximate surface area is 83.2 Å². The first-order valence-electron chi connectivity index (χ1n) is 4.59. The van der Waals surface area contributed by atoms with Gasteiger partial charge < -0.3 is 0 Å². The van der Waals surface area contributed by atoms with Crippen molar-refractivity contribution in [1.29, 1.82) is 0 Å². The summed E-state index contributed by atoms with van der Waals surface area (Å²) in [6.07, 6.45) is 7.83. The van der Waals surface area contributed by atoms with Gasteiger partial charge >= 0.3 is 0 Å². The van der Waals surface area contributed by atoms with Crippen LogP contribution >= 0.6 is 0 Å². The second kappa shape index (κ2) is 3.50. The Hall–Kier alpha value is -1.83. The molecular formula is C12H12N2. The molecule has 0 atom stereocenters. The van der Waals surface area contributed by atoms with E-state index in [1.165, 1.54) is 0 Å². The number of aromatic nitrogens is 2. The first-order chi connectivity index (χ1) is 6.86. The van der Waals surface area contributed by atoms with Crippen LogP contribution in [0.5, 0.6) is 0 Å². The maximum atomic E-state index is 4.44. The van der Waals surface area contributed by atoms with Gasteiger partial charge in [0.15, 0.2) is 0 Å². The third kappa shape index (κ3) is 1.25. The molecule has 0 saturated carbocycles. The molecule has 0 aromatic carbocycles. The number of allylic oxidation sites excluding steroid dienone is 1. The molecule has 2 aromatic heterocycles. The molecule has 0 N–H and O–H groups in total. The largest absolute Gasteiger partial charge is 0.300 e. The minimum Gasteiger partial charge on any atom is -0.300 e. The second-order valence-electron chi connectivity index (χ2n) is 3.02. The Morgan fingerprint density at radius 3 is 3.00 bits per heavy atom. The molecule has 0 fully saturated rings. The van der Waals surface area contributed by atoms with Gasteiger partial charge in [0.05, 0.1) is 11.4 Å². The zero-order valence-corrected chi connectivity index (χ0v) is 8.14. The normalized spacial score (nSPS) is 11.2. The van der Waals surface area contributed by atoms with E-state index in [9.17, 15) is 0 Å². The summed E-state index contributed by atoms with van der Waals surface area (Å²) in [5.74, 6) is 0. The summed E-state index contributed by atoms with van der Waals surface area (Å²) in [6.45, 7) is 5.75. The highest BCUT2D eigenvalue weighted by Gasteiger charge is 2.04. The van der Waals surface area contributed by atoms with Crippen LogP contribution in [0.2, 0.25) is 0 Å². The van der Waals surface area contributed by atoms with Crippen molar-refractivity contribution < 1.29 is 0 Å². The first-order valence-corrected chi connectivity index (χ1v) is 4.59. The van der Waals surface area contributed by atoms with Crippen LogP contribution in [0.4, 0.5) is 0 Å². The molecule has 2 aromatic rings. The number of hydrogen-bond donors (Lipinski definition) is 0. The molecular weight excluding hydrogens is 172 g/mol. The number of rotatable bonds is 2. The zero-order chi connectivity index (χ0) is 9.97. The fraction of sp³-hybridized carbons (Fsp3) is 0.0833. The third-order valence-corrected chi connectivity index (χ3v) is 2.11. The van der Waals surface area contributed by atoms with E-state index in [0.717, 1.165) is 17.0 Å². The van der Waals surface area contributed by atoms with E-state index < -0.39 is 0 Å². The summed E-state index contributed by atoms with van der Waals surface area (Å²) in [7, 11) is 0. The lowest BCUT2D eigenvalue weighted by Crippen LogP contribution is -1.85. The molecule has 2 rings (SSSR count). The minimum absolute atomic E-state index is 0.925. The topological polar surface area (TPSA) is 17.3 Å². The lowest BCUT2D eigenvalue weighted by molar-refractivity contribution is 1.17. The van der Waals surface area contributed by atoms with Crippen LogP contribution in [-0.2, 0) is 0 Å². The van der Waals surface area contributed by atoms with E-state index in [1.807, 2.05) is 43.5 Å². The van der Waals surface area contributed by atoms with E-state index in [0.29, 0.717) is 0 Å². The number of pyridine rings is 1. The zero-order valence-electron chi connectivity index (χ0n) is 8.14. The van der Waals surface area contributed by atoms with Crippen LogP contribution in [0.1, 0.15) is 18.3 Å². The summed E-state index contributed by atoms with van der Waals surface area (Å²) in [6, 6.07) is 5.96. The molecule has 2 heteroatoms. The standard InChI is InChI=1S/C12H12N2/c1-3-7-11-10(4-2)13-12-8-5-6-9-14(11)12/h3-9H,2H2,1H3/b7-3-. The molecule has 2 heterocycles. The molecule has 0 amide bonds. The number of nitrogens with zero attached hydrogens (tertiary/aromatic N) is 2. The van der Waals surface area contributed by atoms with Gasteiger partial charge in [0.2, 0.25) is 0 Å². The van der Waals surface area contributed by atoms with Gasteiger partial charge in [-0.3, -0.25) is 4.40 Å². The van der Waals surface area contributed by atoms with Crippen LogP contribution in [0.25, 0.3) is 17.8 Å². The van der Waals surface area contributed by atoms with E-state index in [4.69, 9.17) is 0 Å². The lowest BCUT2D eigenvalue weighted by Gasteiger charge is -1.95. The highest BCUT2D eigenvalue weighted by atomic mass is 15.0. The van der Waals surface area contributed by atoms with Crippen molar-refractivity contribution in [3.8, 4) is 0 Å². The average Bonchev–Trinajstić information content (AvgIpc) is 2.58. The lowest BCUT2D eigenvalue weighted by atomic mass is 10.3.